The minimum Gasteiger partial charge on any atom is -0.324 e. The molecule has 6 heteroatoms. The number of hydrogen-bond acceptors (Lipinski definition) is 4. The standard InChI is InChI=1S/C20H19ClN4O/c1-12-6-4-7-13(2)18(12)25-20-22-10-15(11-23-20)19(26)24-17-9-5-8-16(21)14(17)3/h4-11H,1-3H3,(H,24,26)(H,22,23,25). The number of aryl methyl sites for hydroxylation is 2. The molecule has 0 fully saturated rings. The van der Waals surface area contributed by atoms with Crippen LogP contribution >= 0.6 is 11.6 Å². The van der Waals surface area contributed by atoms with Gasteiger partial charge in [0.1, 0.15) is 0 Å². The zero-order valence-corrected chi connectivity index (χ0v) is 15.6. The number of anilines is 3. The van der Waals surface area contributed by atoms with Crippen LogP contribution < -0.4 is 10.6 Å². The molecule has 0 atom stereocenters. The zero-order chi connectivity index (χ0) is 18.7. The van der Waals surface area contributed by atoms with Gasteiger partial charge in [-0.1, -0.05) is 35.9 Å². The molecule has 0 radical (unpaired) electrons. The van der Waals surface area contributed by atoms with Crippen molar-refractivity contribution in [2.75, 3.05) is 10.6 Å². The summed E-state index contributed by atoms with van der Waals surface area (Å²) in [6.45, 7) is 5.89. The van der Waals surface area contributed by atoms with E-state index < -0.39 is 0 Å². The van der Waals surface area contributed by atoms with Crippen molar-refractivity contribution in [3.8, 4) is 0 Å². The molecule has 3 aromatic rings. The van der Waals surface area contributed by atoms with Crippen molar-refractivity contribution in [1.29, 1.82) is 0 Å². The molecular formula is C20H19ClN4O. The summed E-state index contributed by atoms with van der Waals surface area (Å²) in [5.41, 5.74) is 5.03. The molecule has 5 nitrogen and oxygen atoms in total. The summed E-state index contributed by atoms with van der Waals surface area (Å²) in [7, 11) is 0. The number of halogens is 1. The second-order valence-corrected chi connectivity index (χ2v) is 6.46. The summed E-state index contributed by atoms with van der Waals surface area (Å²) in [6.07, 6.45) is 3.00. The molecule has 3 rings (SSSR count). The molecule has 26 heavy (non-hydrogen) atoms. The summed E-state index contributed by atoms with van der Waals surface area (Å²) in [5.74, 6) is 0.159. The van der Waals surface area contributed by atoms with E-state index >= 15 is 0 Å². The molecule has 0 spiro atoms. The molecule has 0 saturated heterocycles. The van der Waals surface area contributed by atoms with Gasteiger partial charge < -0.3 is 10.6 Å². The van der Waals surface area contributed by atoms with Crippen LogP contribution in [0.4, 0.5) is 17.3 Å². The average Bonchev–Trinajstić information content (AvgIpc) is 2.63. The van der Waals surface area contributed by atoms with Gasteiger partial charge in [-0.3, -0.25) is 4.79 Å². The smallest absolute Gasteiger partial charge is 0.258 e. The van der Waals surface area contributed by atoms with Crippen LogP contribution in [0.15, 0.2) is 48.8 Å². The second kappa shape index (κ2) is 7.54. The van der Waals surface area contributed by atoms with E-state index in [1.807, 2.05) is 39.0 Å². The summed E-state index contributed by atoms with van der Waals surface area (Å²) in [6, 6.07) is 11.4. The third-order valence-corrected chi connectivity index (χ3v) is 4.56. The Morgan fingerprint density at radius 3 is 2.23 bits per heavy atom. The Morgan fingerprint density at radius 2 is 1.58 bits per heavy atom. The Morgan fingerprint density at radius 1 is 0.962 bits per heavy atom. The van der Waals surface area contributed by atoms with Crippen LogP contribution in [0.25, 0.3) is 0 Å². The zero-order valence-electron chi connectivity index (χ0n) is 14.8. The van der Waals surface area contributed by atoms with Crippen LogP contribution in [0.2, 0.25) is 5.02 Å². The summed E-state index contributed by atoms with van der Waals surface area (Å²) in [4.78, 5) is 20.9. The van der Waals surface area contributed by atoms with E-state index in [1.165, 1.54) is 12.4 Å². The van der Waals surface area contributed by atoms with Gasteiger partial charge in [-0.25, -0.2) is 9.97 Å². The van der Waals surface area contributed by atoms with Gasteiger partial charge in [-0.15, -0.1) is 0 Å². The topological polar surface area (TPSA) is 66.9 Å². The summed E-state index contributed by atoms with van der Waals surface area (Å²) in [5, 5.41) is 6.64. The first-order valence-corrected chi connectivity index (χ1v) is 8.55. The first kappa shape index (κ1) is 17.9. The lowest BCUT2D eigenvalue weighted by Gasteiger charge is -2.12. The van der Waals surface area contributed by atoms with Gasteiger partial charge in [0.25, 0.3) is 5.91 Å². The number of rotatable bonds is 4. The van der Waals surface area contributed by atoms with Crippen molar-refractivity contribution < 1.29 is 4.79 Å². The molecule has 0 unspecified atom stereocenters. The first-order chi connectivity index (χ1) is 12.5. The number of hydrogen-bond donors (Lipinski definition) is 2. The van der Waals surface area contributed by atoms with Crippen LogP contribution in [0.5, 0.6) is 0 Å². The molecule has 2 N–H and O–H groups in total. The number of benzene rings is 2. The van der Waals surface area contributed by atoms with Gasteiger partial charge in [0, 0.05) is 28.8 Å². The van der Waals surface area contributed by atoms with Crippen LogP contribution in [0.3, 0.4) is 0 Å². The monoisotopic (exact) mass is 366 g/mol. The predicted octanol–water partition coefficient (Wildman–Crippen LogP) is 5.05. The SMILES string of the molecule is Cc1cccc(C)c1Nc1ncc(C(=O)Nc2cccc(Cl)c2C)cn1. The fraction of sp³-hybridized carbons (Fsp3) is 0.150. The summed E-state index contributed by atoms with van der Waals surface area (Å²) < 4.78 is 0. The minimum atomic E-state index is -0.283. The molecule has 0 aliphatic carbocycles. The van der Waals surface area contributed by atoms with E-state index in [9.17, 15) is 4.79 Å². The lowest BCUT2D eigenvalue weighted by Crippen LogP contribution is -2.14. The average molecular weight is 367 g/mol. The van der Waals surface area contributed by atoms with E-state index in [1.54, 1.807) is 18.2 Å². The maximum Gasteiger partial charge on any atom is 0.258 e. The van der Waals surface area contributed by atoms with Crippen LogP contribution in [0.1, 0.15) is 27.0 Å². The highest BCUT2D eigenvalue weighted by atomic mass is 35.5. The van der Waals surface area contributed by atoms with Gasteiger partial charge >= 0.3 is 0 Å². The number of para-hydroxylation sites is 1. The molecule has 0 aliphatic heterocycles. The fourth-order valence-corrected chi connectivity index (χ4v) is 2.75. The van der Waals surface area contributed by atoms with Gasteiger partial charge in [-0.2, -0.15) is 0 Å². The third-order valence-electron chi connectivity index (χ3n) is 4.15. The maximum atomic E-state index is 12.4. The molecule has 0 aliphatic rings. The van der Waals surface area contributed by atoms with Gasteiger partial charge in [-0.05, 0) is 49.6 Å². The Kier molecular flexibility index (Phi) is 5.19. The first-order valence-electron chi connectivity index (χ1n) is 8.17. The number of carbonyl (C=O) groups excluding carboxylic acids is 1. The highest BCUT2D eigenvalue weighted by Crippen LogP contribution is 2.24. The number of aromatic nitrogens is 2. The third kappa shape index (κ3) is 3.83. The van der Waals surface area contributed by atoms with E-state index in [2.05, 4.69) is 20.6 Å². The lowest BCUT2D eigenvalue weighted by molar-refractivity contribution is 0.102. The molecule has 2 aromatic carbocycles. The normalized spacial score (nSPS) is 10.5. The van der Waals surface area contributed by atoms with Gasteiger partial charge in [0.2, 0.25) is 5.95 Å². The van der Waals surface area contributed by atoms with Crippen molar-refractivity contribution in [3.63, 3.8) is 0 Å². The van der Waals surface area contributed by atoms with Crippen LogP contribution in [-0.4, -0.2) is 15.9 Å². The van der Waals surface area contributed by atoms with E-state index in [0.717, 1.165) is 22.4 Å². The lowest BCUT2D eigenvalue weighted by atomic mass is 10.1. The summed E-state index contributed by atoms with van der Waals surface area (Å²) >= 11 is 6.08. The molecule has 1 aromatic heterocycles. The highest BCUT2D eigenvalue weighted by molar-refractivity contribution is 6.31. The molecule has 0 saturated carbocycles. The molecule has 1 heterocycles. The number of amides is 1. The quantitative estimate of drug-likeness (QED) is 0.678. The number of nitrogens with zero attached hydrogens (tertiary/aromatic N) is 2. The Hall–Kier alpha value is -2.92. The number of nitrogens with one attached hydrogen (secondary N) is 2. The maximum absolute atomic E-state index is 12.4. The van der Waals surface area contributed by atoms with Crippen molar-refractivity contribution in [2.45, 2.75) is 20.8 Å². The molecule has 132 valence electrons. The fourth-order valence-electron chi connectivity index (χ4n) is 2.57. The molecule has 0 bridgehead atoms. The van der Waals surface area contributed by atoms with E-state index in [0.29, 0.717) is 22.2 Å². The Balaban J connectivity index is 1.75. The number of carbonyl (C=O) groups is 1. The molecular weight excluding hydrogens is 348 g/mol. The highest BCUT2D eigenvalue weighted by Gasteiger charge is 2.11. The van der Waals surface area contributed by atoms with Gasteiger partial charge in [0.15, 0.2) is 0 Å². The largest absolute Gasteiger partial charge is 0.324 e. The van der Waals surface area contributed by atoms with E-state index in [-0.39, 0.29) is 5.91 Å². The second-order valence-electron chi connectivity index (χ2n) is 6.05. The van der Waals surface area contributed by atoms with Crippen molar-refractivity contribution in [3.05, 3.63) is 76.1 Å². The molecule has 1 amide bonds. The Bertz CT molecular complexity index is 934. The Labute approximate surface area is 157 Å². The van der Waals surface area contributed by atoms with Crippen molar-refractivity contribution in [1.82, 2.24) is 9.97 Å². The minimum absolute atomic E-state index is 0.283. The van der Waals surface area contributed by atoms with Crippen LogP contribution in [0, 0.1) is 20.8 Å². The van der Waals surface area contributed by atoms with Crippen LogP contribution in [-0.2, 0) is 0 Å². The van der Waals surface area contributed by atoms with Crippen molar-refractivity contribution in [2.24, 2.45) is 0 Å². The van der Waals surface area contributed by atoms with Gasteiger partial charge in [0.05, 0.1) is 5.56 Å². The predicted molar refractivity (Wildman–Crippen MR) is 105 cm³/mol. The van der Waals surface area contributed by atoms with Crippen molar-refractivity contribution >= 4 is 34.8 Å². The van der Waals surface area contributed by atoms with E-state index in [4.69, 9.17) is 11.6 Å².